The van der Waals surface area contributed by atoms with Crippen molar-refractivity contribution in [1.29, 1.82) is 0 Å². The summed E-state index contributed by atoms with van der Waals surface area (Å²) in [6.07, 6.45) is 3.31. The first-order valence-electron chi connectivity index (χ1n) is 9.04. The van der Waals surface area contributed by atoms with Crippen LogP contribution in [0.15, 0.2) is 54.6 Å². The number of nitrogens with one attached hydrogen (secondary N) is 4. The van der Waals surface area contributed by atoms with Crippen LogP contribution in [0.1, 0.15) is 29.3 Å². The molecule has 4 N–H and O–H groups in total. The molecule has 0 radical (unpaired) electrons. The molecule has 0 atom stereocenters. The van der Waals surface area contributed by atoms with Crippen LogP contribution in [0.2, 0.25) is 0 Å². The number of ether oxygens (including phenoxy) is 1. The van der Waals surface area contributed by atoms with Crippen LogP contribution in [0.3, 0.4) is 0 Å². The van der Waals surface area contributed by atoms with Crippen molar-refractivity contribution < 1.29 is 19.1 Å². The summed E-state index contributed by atoms with van der Waals surface area (Å²) in [5, 5.41) is 5.06. The van der Waals surface area contributed by atoms with E-state index in [9.17, 15) is 14.4 Å². The lowest BCUT2D eigenvalue weighted by atomic mass is 10.2. The lowest BCUT2D eigenvalue weighted by Gasteiger charge is -2.10. The Morgan fingerprint density at radius 1 is 1.00 bits per heavy atom. The number of carbonyl (C=O) groups excluding carboxylic acids is 3. The van der Waals surface area contributed by atoms with Gasteiger partial charge in [-0.2, -0.15) is 0 Å². The van der Waals surface area contributed by atoms with Gasteiger partial charge in [0.05, 0.1) is 7.11 Å². The number of amides is 3. The third-order valence-electron chi connectivity index (χ3n) is 3.82. The maximum absolute atomic E-state index is 12.1. The van der Waals surface area contributed by atoms with Gasteiger partial charge >= 0.3 is 0 Å². The van der Waals surface area contributed by atoms with E-state index in [-0.39, 0.29) is 11.0 Å². The monoisotopic (exact) mass is 426 g/mol. The summed E-state index contributed by atoms with van der Waals surface area (Å²) in [6, 6.07) is 13.5. The Morgan fingerprint density at radius 3 is 2.27 bits per heavy atom. The van der Waals surface area contributed by atoms with Gasteiger partial charge in [-0.1, -0.05) is 19.1 Å². The molecule has 2 rings (SSSR count). The number of hydrazine groups is 1. The highest BCUT2D eigenvalue weighted by Crippen LogP contribution is 2.12. The van der Waals surface area contributed by atoms with Gasteiger partial charge in [-0.05, 0) is 60.3 Å². The molecule has 0 aliphatic heterocycles. The molecule has 0 fully saturated rings. The first kappa shape index (κ1) is 22.6. The van der Waals surface area contributed by atoms with E-state index in [4.69, 9.17) is 17.0 Å². The Hall–Kier alpha value is -3.72. The number of thiocarbonyl (C=S) groups is 1. The molecule has 0 aliphatic carbocycles. The van der Waals surface area contributed by atoms with Gasteiger partial charge in [-0.3, -0.25) is 30.6 Å². The molecule has 3 amide bonds. The standard InChI is InChI=1S/C21H22N4O4S/c1-3-18(26)22-16-9-7-15(8-10-16)20(28)24-25-21(30)23-19(27)13-6-14-4-11-17(29-2)12-5-14/h4-13H,3H2,1-2H3,(H,22,26)(H,24,28)(H2,23,25,27,30)/b13-6+. The molecule has 8 nitrogen and oxygen atoms in total. The van der Waals surface area contributed by atoms with Crippen molar-refractivity contribution in [3.63, 3.8) is 0 Å². The summed E-state index contributed by atoms with van der Waals surface area (Å²) in [5.74, 6) is -0.295. The summed E-state index contributed by atoms with van der Waals surface area (Å²) < 4.78 is 5.07. The van der Waals surface area contributed by atoms with E-state index >= 15 is 0 Å². The van der Waals surface area contributed by atoms with E-state index in [0.29, 0.717) is 17.7 Å². The smallest absolute Gasteiger partial charge is 0.269 e. The summed E-state index contributed by atoms with van der Waals surface area (Å²) in [6.45, 7) is 1.75. The number of methoxy groups -OCH3 is 1. The fourth-order valence-electron chi connectivity index (χ4n) is 2.21. The molecular formula is C21H22N4O4S. The fourth-order valence-corrected chi connectivity index (χ4v) is 2.36. The second-order valence-corrected chi connectivity index (χ2v) is 6.39. The molecule has 30 heavy (non-hydrogen) atoms. The summed E-state index contributed by atoms with van der Waals surface area (Å²) in [5.41, 5.74) is 6.62. The highest BCUT2D eigenvalue weighted by atomic mass is 32.1. The molecule has 0 bridgehead atoms. The van der Waals surface area contributed by atoms with Crippen LogP contribution >= 0.6 is 12.2 Å². The minimum Gasteiger partial charge on any atom is -0.497 e. The van der Waals surface area contributed by atoms with E-state index in [1.165, 1.54) is 6.08 Å². The molecule has 0 heterocycles. The second-order valence-electron chi connectivity index (χ2n) is 5.98. The van der Waals surface area contributed by atoms with Crippen LogP contribution in [-0.2, 0) is 9.59 Å². The molecule has 0 spiro atoms. The summed E-state index contributed by atoms with van der Waals surface area (Å²) in [7, 11) is 1.58. The van der Waals surface area contributed by atoms with Crippen LogP contribution < -0.4 is 26.2 Å². The number of hydrogen-bond acceptors (Lipinski definition) is 5. The topological polar surface area (TPSA) is 109 Å². The predicted molar refractivity (Wildman–Crippen MR) is 119 cm³/mol. The highest BCUT2D eigenvalue weighted by Gasteiger charge is 2.07. The number of carbonyl (C=O) groups is 3. The minimum absolute atomic E-state index is 0.0560. The Morgan fingerprint density at radius 2 is 1.67 bits per heavy atom. The van der Waals surface area contributed by atoms with E-state index in [1.807, 2.05) is 0 Å². The molecule has 0 saturated carbocycles. The van der Waals surface area contributed by atoms with E-state index in [0.717, 1.165) is 11.3 Å². The number of hydrogen-bond donors (Lipinski definition) is 4. The molecule has 0 aromatic heterocycles. The number of rotatable bonds is 6. The van der Waals surface area contributed by atoms with E-state index in [2.05, 4.69) is 21.5 Å². The lowest BCUT2D eigenvalue weighted by Crippen LogP contribution is -2.48. The van der Waals surface area contributed by atoms with Gasteiger partial charge in [0.1, 0.15) is 5.75 Å². The van der Waals surface area contributed by atoms with E-state index in [1.54, 1.807) is 68.6 Å². The maximum atomic E-state index is 12.1. The fraction of sp³-hybridized carbons (Fsp3) is 0.143. The van der Waals surface area contributed by atoms with Crippen LogP contribution in [0, 0.1) is 0 Å². The van der Waals surface area contributed by atoms with Gasteiger partial charge in [-0.15, -0.1) is 0 Å². The Kier molecular flexibility index (Phi) is 8.52. The zero-order chi connectivity index (χ0) is 21.9. The van der Waals surface area contributed by atoms with Crippen molar-refractivity contribution in [2.45, 2.75) is 13.3 Å². The van der Waals surface area contributed by atoms with Crippen molar-refractivity contribution >= 4 is 46.8 Å². The number of benzene rings is 2. The normalized spacial score (nSPS) is 10.2. The molecule has 0 saturated heterocycles. The van der Waals surface area contributed by atoms with Gasteiger partial charge in [0, 0.05) is 23.7 Å². The molecule has 2 aromatic rings. The minimum atomic E-state index is -0.450. The van der Waals surface area contributed by atoms with Gasteiger partial charge in [0.15, 0.2) is 5.11 Å². The van der Waals surface area contributed by atoms with Gasteiger partial charge in [0.25, 0.3) is 5.91 Å². The van der Waals surface area contributed by atoms with Gasteiger partial charge < -0.3 is 10.1 Å². The van der Waals surface area contributed by atoms with Crippen LogP contribution in [0.5, 0.6) is 5.75 Å². The van der Waals surface area contributed by atoms with Crippen molar-refractivity contribution in [2.24, 2.45) is 0 Å². The molecule has 0 aliphatic rings. The van der Waals surface area contributed by atoms with Crippen molar-refractivity contribution in [2.75, 3.05) is 12.4 Å². The Bertz CT molecular complexity index is 940. The first-order valence-corrected chi connectivity index (χ1v) is 9.45. The summed E-state index contributed by atoms with van der Waals surface area (Å²) >= 11 is 4.99. The molecule has 2 aromatic carbocycles. The maximum Gasteiger partial charge on any atom is 0.269 e. The quantitative estimate of drug-likeness (QED) is 0.321. The number of anilines is 1. The second kappa shape index (κ2) is 11.3. The first-order chi connectivity index (χ1) is 14.4. The average Bonchev–Trinajstić information content (AvgIpc) is 2.76. The summed E-state index contributed by atoms with van der Waals surface area (Å²) in [4.78, 5) is 35.4. The molecule has 156 valence electrons. The van der Waals surface area contributed by atoms with Crippen molar-refractivity contribution in [3.8, 4) is 5.75 Å². The highest BCUT2D eigenvalue weighted by molar-refractivity contribution is 7.80. The largest absolute Gasteiger partial charge is 0.497 e. The van der Waals surface area contributed by atoms with Crippen molar-refractivity contribution in [1.82, 2.24) is 16.2 Å². The molecule has 9 heteroatoms. The van der Waals surface area contributed by atoms with E-state index < -0.39 is 11.8 Å². The third kappa shape index (κ3) is 7.36. The average molecular weight is 426 g/mol. The third-order valence-corrected chi connectivity index (χ3v) is 4.03. The Balaban J connectivity index is 1.78. The zero-order valence-corrected chi connectivity index (χ0v) is 17.3. The lowest BCUT2D eigenvalue weighted by molar-refractivity contribution is -0.116. The van der Waals surface area contributed by atoms with Crippen molar-refractivity contribution in [3.05, 3.63) is 65.7 Å². The van der Waals surface area contributed by atoms with Crippen LogP contribution in [0.4, 0.5) is 5.69 Å². The zero-order valence-electron chi connectivity index (χ0n) is 16.5. The molecular weight excluding hydrogens is 404 g/mol. The van der Waals surface area contributed by atoms with Crippen LogP contribution in [-0.4, -0.2) is 29.9 Å². The van der Waals surface area contributed by atoms with Gasteiger partial charge in [0.2, 0.25) is 11.8 Å². The predicted octanol–water partition coefficient (Wildman–Crippen LogP) is 2.39. The van der Waals surface area contributed by atoms with Crippen LogP contribution in [0.25, 0.3) is 6.08 Å². The molecule has 0 unspecified atom stereocenters. The van der Waals surface area contributed by atoms with Gasteiger partial charge in [-0.25, -0.2) is 0 Å². The SMILES string of the molecule is CCC(=O)Nc1ccc(C(=O)NNC(=S)NC(=O)/C=C/c2ccc(OC)cc2)cc1. The Labute approximate surface area is 179 Å².